The minimum absolute atomic E-state index is 0.0951. The molecule has 3 aliphatic rings. The van der Waals surface area contributed by atoms with Crippen LogP contribution in [-0.4, -0.2) is 48.6 Å². The van der Waals surface area contributed by atoms with Gasteiger partial charge >= 0.3 is 0 Å². The van der Waals surface area contributed by atoms with E-state index in [1.165, 1.54) is 6.08 Å². The maximum atomic E-state index is 14.1. The number of hydrogen-bond donors (Lipinski definition) is 2. The lowest BCUT2D eigenvalue weighted by molar-refractivity contribution is -1.10. The van der Waals surface area contributed by atoms with Crippen LogP contribution in [0.5, 0.6) is 0 Å². The fourth-order valence-corrected chi connectivity index (χ4v) is 2.73. The van der Waals surface area contributed by atoms with Gasteiger partial charge in [0.25, 0.3) is 5.91 Å². The molecule has 122 valence electrons. The second kappa shape index (κ2) is 5.39. The molecule has 23 heavy (non-hydrogen) atoms. The Labute approximate surface area is 132 Å². The van der Waals surface area contributed by atoms with E-state index in [0.717, 1.165) is 6.08 Å². The molecule has 7 nitrogen and oxygen atoms in total. The van der Waals surface area contributed by atoms with Crippen molar-refractivity contribution in [1.82, 2.24) is 10.6 Å². The van der Waals surface area contributed by atoms with Gasteiger partial charge < -0.3 is 5.32 Å². The second-order valence-corrected chi connectivity index (χ2v) is 6.06. The molecule has 0 aromatic rings. The predicted octanol–water partition coefficient (Wildman–Crippen LogP) is -0.0247. The number of halogens is 1. The lowest BCUT2D eigenvalue weighted by atomic mass is 10.1. The Balaban J connectivity index is 1.75. The van der Waals surface area contributed by atoms with Gasteiger partial charge in [-0.2, -0.15) is 9.48 Å². The summed E-state index contributed by atoms with van der Waals surface area (Å²) in [5, 5.41) is 4.68. The number of quaternary nitrogens is 1. The first-order valence-electron chi connectivity index (χ1n) is 7.24. The van der Waals surface area contributed by atoms with Crippen molar-refractivity contribution in [2.75, 3.05) is 14.1 Å². The Morgan fingerprint density at radius 3 is 2.78 bits per heavy atom. The van der Waals surface area contributed by atoms with Gasteiger partial charge in [-0.15, -0.1) is 0 Å². The zero-order valence-electron chi connectivity index (χ0n) is 12.8. The van der Waals surface area contributed by atoms with Gasteiger partial charge in [-0.05, 0) is 18.6 Å². The molecule has 0 bridgehead atoms. The van der Waals surface area contributed by atoms with Crippen LogP contribution in [0.1, 0.15) is 12.8 Å². The third-order valence-corrected chi connectivity index (χ3v) is 4.04. The van der Waals surface area contributed by atoms with Crippen LogP contribution >= 0.6 is 0 Å². The number of carbonyl (C=O) groups excluding carboxylic acids is 3. The number of hydrogen-bond acceptors (Lipinski definition) is 4. The SMILES string of the molecule is C[N+]1(C)OC2C(F)=CC(C(=O)NC3CCC(=O)NC3=O)=CC=C21. The van der Waals surface area contributed by atoms with Crippen LogP contribution in [0.2, 0.25) is 0 Å². The van der Waals surface area contributed by atoms with Gasteiger partial charge in [-0.3, -0.25) is 19.7 Å². The van der Waals surface area contributed by atoms with Crippen molar-refractivity contribution in [1.29, 1.82) is 0 Å². The Bertz CT molecular complexity index is 693. The number of hydroxylamine groups is 3. The molecule has 3 rings (SSSR count). The number of imide groups is 1. The number of amides is 3. The maximum absolute atomic E-state index is 14.1. The molecule has 0 spiro atoms. The topological polar surface area (TPSA) is 84.5 Å². The zero-order valence-corrected chi connectivity index (χ0v) is 12.8. The summed E-state index contributed by atoms with van der Waals surface area (Å²) < 4.78 is 14.2. The molecule has 0 saturated carbocycles. The molecule has 2 unspecified atom stereocenters. The molecule has 3 amide bonds. The van der Waals surface area contributed by atoms with Gasteiger partial charge in [-0.25, -0.2) is 4.39 Å². The smallest absolute Gasteiger partial charge is 0.252 e. The highest BCUT2D eigenvalue weighted by atomic mass is 19.1. The summed E-state index contributed by atoms with van der Waals surface area (Å²) in [7, 11) is 3.52. The summed E-state index contributed by atoms with van der Waals surface area (Å²) in [4.78, 5) is 40.4. The van der Waals surface area contributed by atoms with E-state index in [-0.39, 0.29) is 29.0 Å². The lowest BCUT2D eigenvalue weighted by Gasteiger charge is -2.42. The van der Waals surface area contributed by atoms with Crippen LogP contribution in [0.3, 0.4) is 0 Å². The number of nitrogens with zero attached hydrogens (tertiary/aromatic N) is 1. The third-order valence-electron chi connectivity index (χ3n) is 4.04. The summed E-state index contributed by atoms with van der Waals surface area (Å²) in [6, 6.07) is -0.798. The normalized spacial score (nSPS) is 29.1. The van der Waals surface area contributed by atoms with E-state index in [2.05, 4.69) is 10.6 Å². The van der Waals surface area contributed by atoms with Gasteiger partial charge in [0.15, 0.2) is 5.70 Å². The van der Waals surface area contributed by atoms with Crippen LogP contribution in [0.4, 0.5) is 4.39 Å². The summed E-state index contributed by atoms with van der Waals surface area (Å²) in [5.74, 6) is -2.04. The molecule has 2 saturated heterocycles. The molecule has 0 aromatic carbocycles. The largest absolute Gasteiger partial charge is 0.340 e. The van der Waals surface area contributed by atoms with E-state index in [1.807, 2.05) is 0 Å². The van der Waals surface area contributed by atoms with Crippen molar-refractivity contribution < 1.29 is 28.3 Å². The maximum Gasteiger partial charge on any atom is 0.252 e. The Morgan fingerprint density at radius 1 is 1.39 bits per heavy atom. The van der Waals surface area contributed by atoms with Crippen LogP contribution in [0.15, 0.2) is 35.3 Å². The molecule has 0 radical (unpaired) electrons. The molecule has 8 heteroatoms. The van der Waals surface area contributed by atoms with Gasteiger partial charge in [0.2, 0.25) is 17.9 Å². The van der Waals surface area contributed by atoms with Crippen LogP contribution < -0.4 is 10.6 Å². The van der Waals surface area contributed by atoms with Crippen molar-refractivity contribution in [3.63, 3.8) is 0 Å². The summed E-state index contributed by atoms with van der Waals surface area (Å²) in [5.41, 5.74) is 0.792. The number of carbonyl (C=O) groups is 3. The minimum Gasteiger partial charge on any atom is -0.340 e. The first kappa shape index (κ1) is 15.6. The van der Waals surface area contributed by atoms with E-state index < -0.39 is 29.8 Å². The fraction of sp³-hybridized carbons (Fsp3) is 0.400. The Hall–Kier alpha value is -2.32. The molecular weight excluding hydrogens is 305 g/mol. The monoisotopic (exact) mass is 322 g/mol. The standard InChI is InChI=1S/C15H16FN3O4/c1-19(2)11-5-3-8(7-9(16)13(11)23-19)14(21)17-10-4-6-12(20)18-15(10)22/h3,5,7,10,13H,4,6H2,1-2H3,(H-,17,18,20,21,22)/p+1. The number of likely N-dealkylation sites (N-methyl/N-ethyl adjacent to an activating group) is 1. The van der Waals surface area contributed by atoms with E-state index in [1.54, 1.807) is 20.2 Å². The van der Waals surface area contributed by atoms with Crippen LogP contribution in [0, 0.1) is 0 Å². The highest BCUT2D eigenvalue weighted by molar-refractivity contribution is 6.04. The van der Waals surface area contributed by atoms with Crippen molar-refractivity contribution in [2.45, 2.75) is 25.0 Å². The predicted molar refractivity (Wildman–Crippen MR) is 76.7 cm³/mol. The van der Waals surface area contributed by atoms with E-state index in [0.29, 0.717) is 5.70 Å². The Kier molecular flexibility index (Phi) is 3.65. The highest BCUT2D eigenvalue weighted by Crippen LogP contribution is 2.38. The van der Waals surface area contributed by atoms with Crippen LogP contribution in [0.25, 0.3) is 0 Å². The van der Waals surface area contributed by atoms with Gasteiger partial charge in [0.1, 0.15) is 26.0 Å². The van der Waals surface area contributed by atoms with Gasteiger partial charge in [-0.1, -0.05) is 0 Å². The van der Waals surface area contributed by atoms with Gasteiger partial charge in [0.05, 0.1) is 0 Å². The third kappa shape index (κ3) is 2.82. The highest BCUT2D eigenvalue weighted by Gasteiger charge is 2.50. The number of fused-ring (bicyclic) bond motifs is 1. The van der Waals surface area contributed by atoms with Crippen LogP contribution in [-0.2, 0) is 19.2 Å². The number of nitrogens with one attached hydrogen (secondary N) is 2. The fourth-order valence-electron chi connectivity index (χ4n) is 2.73. The first-order chi connectivity index (χ1) is 10.8. The second-order valence-electron chi connectivity index (χ2n) is 6.06. The lowest BCUT2D eigenvalue weighted by Crippen LogP contribution is -2.56. The molecule has 2 fully saturated rings. The minimum atomic E-state index is -0.798. The van der Waals surface area contributed by atoms with E-state index in [9.17, 15) is 18.8 Å². The van der Waals surface area contributed by atoms with Gasteiger partial charge in [0, 0.05) is 18.1 Å². The zero-order chi connectivity index (χ0) is 16.8. The van der Waals surface area contributed by atoms with Crippen molar-refractivity contribution >= 4 is 17.7 Å². The molecule has 2 N–H and O–H groups in total. The summed E-state index contributed by atoms with van der Waals surface area (Å²) in [6.07, 6.45) is 3.87. The van der Waals surface area contributed by atoms with Crippen molar-refractivity contribution in [3.8, 4) is 0 Å². The number of allylic oxidation sites excluding steroid dienone is 2. The molecule has 2 heterocycles. The molecular formula is C15H17FN3O4+. The Morgan fingerprint density at radius 2 is 2.13 bits per heavy atom. The summed E-state index contributed by atoms with van der Waals surface area (Å²) in [6.45, 7) is 0. The van der Waals surface area contributed by atoms with E-state index in [4.69, 9.17) is 4.84 Å². The first-order valence-corrected chi connectivity index (χ1v) is 7.24. The number of piperidine rings is 1. The molecule has 2 atom stereocenters. The summed E-state index contributed by atoms with van der Waals surface area (Å²) >= 11 is 0. The molecule has 0 aromatic heterocycles. The molecule has 2 aliphatic heterocycles. The van der Waals surface area contributed by atoms with Crippen molar-refractivity contribution in [2.24, 2.45) is 0 Å². The number of rotatable bonds is 2. The van der Waals surface area contributed by atoms with E-state index >= 15 is 0 Å². The molecule has 1 aliphatic carbocycles. The average molecular weight is 322 g/mol. The quantitative estimate of drug-likeness (QED) is 0.553. The average Bonchev–Trinajstić information content (AvgIpc) is 2.60. The van der Waals surface area contributed by atoms with Crippen molar-refractivity contribution in [3.05, 3.63) is 35.3 Å².